The summed E-state index contributed by atoms with van der Waals surface area (Å²) in [5, 5.41) is 21.1. The number of fused-ring (bicyclic) bond motifs is 1. The number of aromatic nitrogens is 3. The van der Waals surface area contributed by atoms with Crippen molar-refractivity contribution in [2.24, 2.45) is 10.9 Å². The van der Waals surface area contributed by atoms with Crippen LogP contribution in [0.25, 0.3) is 0 Å². The predicted octanol–water partition coefficient (Wildman–Crippen LogP) is 0.845. The molecule has 1 aliphatic carbocycles. The Balaban J connectivity index is 0.00000192. The van der Waals surface area contributed by atoms with E-state index in [0.29, 0.717) is 12.0 Å². The molecule has 3 atom stereocenters. The molecule has 0 radical (unpaired) electrons. The standard InChI is InChI=1S/C15H26N6O.HI/c1-10-18-14-7-6-12(9-21(14)20-10)19-15(16-2)17-8-11-4-3-5-13(11)22;/h11-13,22H,3-9H2,1-2H3,(H2,16,17,19);1H. The zero-order valence-corrected chi connectivity index (χ0v) is 16.2. The molecular formula is C15H27IN6O. The highest BCUT2D eigenvalue weighted by atomic mass is 127. The first-order chi connectivity index (χ1) is 10.7. The van der Waals surface area contributed by atoms with Crippen LogP contribution in [0.15, 0.2) is 4.99 Å². The van der Waals surface area contributed by atoms with Crippen molar-refractivity contribution >= 4 is 29.9 Å². The lowest BCUT2D eigenvalue weighted by atomic mass is 10.1. The molecule has 1 aromatic heterocycles. The second kappa shape index (κ2) is 8.27. The molecule has 8 heteroatoms. The molecule has 0 aromatic carbocycles. The second-order valence-electron chi connectivity index (χ2n) is 6.35. The molecule has 0 saturated heterocycles. The Morgan fingerprint density at radius 1 is 1.39 bits per heavy atom. The van der Waals surface area contributed by atoms with Crippen molar-refractivity contribution in [2.45, 2.75) is 57.7 Å². The summed E-state index contributed by atoms with van der Waals surface area (Å²) in [6, 6.07) is 0.313. The molecule has 3 N–H and O–H groups in total. The number of hydrogen-bond donors (Lipinski definition) is 3. The van der Waals surface area contributed by atoms with Crippen LogP contribution >= 0.6 is 24.0 Å². The van der Waals surface area contributed by atoms with Gasteiger partial charge in [-0.1, -0.05) is 6.42 Å². The fraction of sp³-hybridized carbons (Fsp3) is 0.800. The van der Waals surface area contributed by atoms with Gasteiger partial charge in [-0.15, -0.1) is 24.0 Å². The third-order valence-electron chi connectivity index (χ3n) is 4.68. The second-order valence-corrected chi connectivity index (χ2v) is 6.35. The van der Waals surface area contributed by atoms with Crippen LogP contribution in [0.4, 0.5) is 0 Å². The van der Waals surface area contributed by atoms with Crippen molar-refractivity contribution < 1.29 is 5.11 Å². The van der Waals surface area contributed by atoms with Crippen molar-refractivity contribution in [3.05, 3.63) is 11.6 Å². The minimum absolute atomic E-state index is 0. The summed E-state index contributed by atoms with van der Waals surface area (Å²) >= 11 is 0. The summed E-state index contributed by atoms with van der Waals surface area (Å²) in [7, 11) is 1.79. The SMILES string of the molecule is CN=C(NCC1CCCC1O)NC1CCc2nc(C)nn2C1.I. The minimum atomic E-state index is -0.166. The van der Waals surface area contributed by atoms with E-state index in [9.17, 15) is 5.11 Å². The van der Waals surface area contributed by atoms with E-state index >= 15 is 0 Å². The van der Waals surface area contributed by atoms with E-state index in [1.807, 2.05) is 11.6 Å². The summed E-state index contributed by atoms with van der Waals surface area (Å²) in [5.74, 6) is 3.07. The number of aliphatic hydroxyl groups is 1. The average Bonchev–Trinajstić information content (AvgIpc) is 3.07. The molecule has 23 heavy (non-hydrogen) atoms. The predicted molar refractivity (Wildman–Crippen MR) is 100 cm³/mol. The van der Waals surface area contributed by atoms with Gasteiger partial charge in [0.05, 0.1) is 12.6 Å². The monoisotopic (exact) mass is 434 g/mol. The molecule has 130 valence electrons. The summed E-state index contributed by atoms with van der Waals surface area (Å²) in [6.45, 7) is 3.53. The highest BCUT2D eigenvalue weighted by molar-refractivity contribution is 14.0. The molecule has 1 aromatic rings. The van der Waals surface area contributed by atoms with Gasteiger partial charge < -0.3 is 15.7 Å². The van der Waals surface area contributed by atoms with Crippen molar-refractivity contribution in [3.63, 3.8) is 0 Å². The molecule has 7 nitrogen and oxygen atoms in total. The smallest absolute Gasteiger partial charge is 0.191 e. The Morgan fingerprint density at radius 2 is 2.22 bits per heavy atom. The van der Waals surface area contributed by atoms with E-state index in [2.05, 4.69) is 25.7 Å². The van der Waals surface area contributed by atoms with Crippen LogP contribution in [0.3, 0.4) is 0 Å². The minimum Gasteiger partial charge on any atom is -0.393 e. The third kappa shape index (κ3) is 4.56. The summed E-state index contributed by atoms with van der Waals surface area (Å²) in [5.41, 5.74) is 0. The molecule has 0 spiro atoms. The fourth-order valence-corrected chi connectivity index (χ4v) is 3.42. The number of rotatable bonds is 3. The largest absolute Gasteiger partial charge is 0.393 e. The summed E-state index contributed by atoms with van der Waals surface area (Å²) < 4.78 is 1.99. The Labute approximate surface area is 154 Å². The summed E-state index contributed by atoms with van der Waals surface area (Å²) in [4.78, 5) is 8.73. The van der Waals surface area contributed by atoms with Gasteiger partial charge in [0, 0.05) is 32.0 Å². The molecular weight excluding hydrogens is 407 g/mol. The van der Waals surface area contributed by atoms with Crippen molar-refractivity contribution in [1.82, 2.24) is 25.4 Å². The molecule has 1 aliphatic heterocycles. The van der Waals surface area contributed by atoms with E-state index in [1.54, 1.807) is 7.05 Å². The number of guanidine groups is 1. The van der Waals surface area contributed by atoms with E-state index in [4.69, 9.17) is 0 Å². The molecule has 3 rings (SSSR count). The van der Waals surface area contributed by atoms with Gasteiger partial charge in [0.15, 0.2) is 5.96 Å². The topological polar surface area (TPSA) is 87.4 Å². The quantitative estimate of drug-likeness (QED) is 0.373. The maximum Gasteiger partial charge on any atom is 0.191 e. The van der Waals surface area contributed by atoms with Gasteiger partial charge in [-0.2, -0.15) is 5.10 Å². The lowest BCUT2D eigenvalue weighted by molar-refractivity contribution is 0.134. The summed E-state index contributed by atoms with van der Waals surface area (Å²) in [6.07, 6.45) is 4.95. The molecule has 1 saturated carbocycles. The first-order valence-corrected chi connectivity index (χ1v) is 8.21. The highest BCUT2D eigenvalue weighted by Gasteiger charge is 2.26. The van der Waals surface area contributed by atoms with Crippen LogP contribution < -0.4 is 10.6 Å². The number of nitrogens with zero attached hydrogens (tertiary/aromatic N) is 4. The molecule has 0 bridgehead atoms. The first kappa shape index (κ1) is 18.4. The van der Waals surface area contributed by atoms with E-state index < -0.39 is 0 Å². The zero-order chi connectivity index (χ0) is 15.5. The number of aryl methyl sites for hydroxylation is 2. The van der Waals surface area contributed by atoms with Gasteiger partial charge in [0.25, 0.3) is 0 Å². The van der Waals surface area contributed by atoms with Gasteiger partial charge >= 0.3 is 0 Å². The molecule has 2 heterocycles. The first-order valence-electron chi connectivity index (χ1n) is 8.21. The van der Waals surface area contributed by atoms with Crippen LogP contribution in [0.1, 0.15) is 37.3 Å². The number of aliphatic imine (C=N–C) groups is 1. The normalized spacial score (nSPS) is 27.3. The van der Waals surface area contributed by atoms with Gasteiger partial charge in [-0.05, 0) is 26.2 Å². The maximum absolute atomic E-state index is 9.89. The Morgan fingerprint density at radius 3 is 2.91 bits per heavy atom. The average molecular weight is 434 g/mol. The lowest BCUT2D eigenvalue weighted by Crippen LogP contribution is -2.48. The number of aliphatic hydroxyl groups excluding tert-OH is 1. The van der Waals surface area contributed by atoms with E-state index in [-0.39, 0.29) is 30.1 Å². The lowest BCUT2D eigenvalue weighted by Gasteiger charge is -2.26. The van der Waals surface area contributed by atoms with Gasteiger partial charge in [0.1, 0.15) is 11.6 Å². The number of halogens is 1. The zero-order valence-electron chi connectivity index (χ0n) is 13.8. The van der Waals surface area contributed by atoms with Gasteiger partial charge in [-0.3, -0.25) is 4.99 Å². The van der Waals surface area contributed by atoms with E-state index in [0.717, 1.165) is 62.8 Å². The third-order valence-corrected chi connectivity index (χ3v) is 4.68. The maximum atomic E-state index is 9.89. The molecule has 0 amide bonds. The van der Waals surface area contributed by atoms with Crippen LogP contribution in [-0.2, 0) is 13.0 Å². The van der Waals surface area contributed by atoms with Crippen LogP contribution in [0.5, 0.6) is 0 Å². The van der Waals surface area contributed by atoms with Gasteiger partial charge in [-0.25, -0.2) is 9.67 Å². The highest BCUT2D eigenvalue weighted by Crippen LogP contribution is 2.24. The van der Waals surface area contributed by atoms with E-state index in [1.165, 1.54) is 0 Å². The Kier molecular flexibility index (Phi) is 6.63. The van der Waals surface area contributed by atoms with Crippen LogP contribution in [0.2, 0.25) is 0 Å². The number of nitrogens with one attached hydrogen (secondary N) is 2. The molecule has 3 unspecified atom stereocenters. The Bertz CT molecular complexity index is 546. The fourth-order valence-electron chi connectivity index (χ4n) is 3.42. The van der Waals surface area contributed by atoms with Crippen molar-refractivity contribution in [2.75, 3.05) is 13.6 Å². The molecule has 2 aliphatic rings. The molecule has 1 fully saturated rings. The van der Waals surface area contributed by atoms with Crippen molar-refractivity contribution in [3.8, 4) is 0 Å². The van der Waals surface area contributed by atoms with Crippen LogP contribution in [-0.4, -0.2) is 51.6 Å². The van der Waals surface area contributed by atoms with Gasteiger partial charge in [0.2, 0.25) is 0 Å². The Hall–Kier alpha value is -0.900. The number of hydrogen-bond acceptors (Lipinski definition) is 4. The van der Waals surface area contributed by atoms with Crippen LogP contribution in [0, 0.1) is 12.8 Å². The van der Waals surface area contributed by atoms with Crippen molar-refractivity contribution in [1.29, 1.82) is 0 Å².